The smallest absolute Gasteiger partial charge is 0.211 e. The van der Waals surface area contributed by atoms with E-state index in [1.165, 1.54) is 25.2 Å². The topological polar surface area (TPSA) is 88.3 Å². The minimum absolute atomic E-state index is 0.146. The zero-order valence-electron chi connectivity index (χ0n) is 7.85. The highest BCUT2D eigenvalue weighted by molar-refractivity contribution is 5.39. The van der Waals surface area contributed by atoms with Crippen LogP contribution in [-0.4, -0.2) is 29.9 Å². The molecule has 74 valence electrons. The van der Waals surface area contributed by atoms with Crippen molar-refractivity contribution < 1.29 is 14.4 Å². The molecule has 14 heavy (non-hydrogen) atoms. The Labute approximate surface area is 80.5 Å². The first-order valence-corrected chi connectivity index (χ1v) is 3.83. The lowest BCUT2D eigenvalue weighted by Gasteiger charge is -2.17. The van der Waals surface area contributed by atoms with E-state index in [1.807, 2.05) is 0 Å². The number of hydrogen-bond donors (Lipinski definition) is 0. The minimum Gasteiger partial charge on any atom is -0.211 e. The van der Waals surface area contributed by atoms with Crippen LogP contribution >= 0.6 is 0 Å². The predicted molar refractivity (Wildman–Crippen MR) is 46.8 cm³/mol. The summed E-state index contributed by atoms with van der Waals surface area (Å²) in [5.74, 6) is 0. The summed E-state index contributed by atoms with van der Waals surface area (Å²) in [5, 5.41) is 0. The molecular formula is C8H9N3O3. The average Bonchev–Trinajstić information content (AvgIpc) is 2.04. The number of carbonyl (C=O) groups excluding carboxylic acids is 3. The van der Waals surface area contributed by atoms with Crippen molar-refractivity contribution in [3.63, 3.8) is 0 Å². The highest BCUT2D eigenvalue weighted by atomic mass is 16.1. The average molecular weight is 195 g/mol. The monoisotopic (exact) mass is 195 g/mol. The molecule has 0 aliphatic rings. The molecule has 0 aliphatic carbocycles. The maximum Gasteiger partial charge on any atom is 0.237 e. The molecule has 0 aromatic rings. The van der Waals surface area contributed by atoms with E-state index in [9.17, 15) is 14.4 Å². The van der Waals surface area contributed by atoms with E-state index >= 15 is 0 Å². The second kappa shape index (κ2) is 5.73. The van der Waals surface area contributed by atoms with Crippen LogP contribution in [0.2, 0.25) is 0 Å². The van der Waals surface area contributed by atoms with Crippen molar-refractivity contribution in [1.82, 2.24) is 0 Å². The van der Waals surface area contributed by atoms with Gasteiger partial charge in [-0.25, -0.2) is 19.4 Å². The first-order valence-electron chi connectivity index (χ1n) is 3.83. The fraction of sp³-hybridized carbons (Fsp3) is 0.625. The Balaban J connectivity index is 4.76. The van der Waals surface area contributed by atoms with Crippen molar-refractivity contribution in [2.75, 3.05) is 0 Å². The molecule has 0 fully saturated rings. The Hall–Kier alpha value is -1.86. The predicted octanol–water partition coefficient (Wildman–Crippen LogP) is 0.489. The first kappa shape index (κ1) is 12.1. The van der Waals surface area contributed by atoms with Gasteiger partial charge in [-0.3, -0.25) is 0 Å². The van der Waals surface area contributed by atoms with E-state index in [4.69, 9.17) is 0 Å². The molecule has 0 saturated carbocycles. The quantitative estimate of drug-likeness (QED) is 0.472. The summed E-state index contributed by atoms with van der Waals surface area (Å²) in [5.41, 5.74) is -1.25. The van der Waals surface area contributed by atoms with E-state index in [1.54, 1.807) is 6.92 Å². The van der Waals surface area contributed by atoms with Gasteiger partial charge in [0.15, 0.2) is 5.66 Å². The molecule has 0 amide bonds. The van der Waals surface area contributed by atoms with Crippen molar-refractivity contribution in [1.29, 1.82) is 0 Å². The van der Waals surface area contributed by atoms with Crippen molar-refractivity contribution in [2.24, 2.45) is 15.0 Å². The molecule has 1 unspecified atom stereocenters. The summed E-state index contributed by atoms with van der Waals surface area (Å²) in [6.45, 7) is 3.06. The van der Waals surface area contributed by atoms with Gasteiger partial charge in [-0.15, -0.1) is 0 Å². The Morgan fingerprint density at radius 3 is 2.00 bits per heavy atom. The largest absolute Gasteiger partial charge is 0.237 e. The summed E-state index contributed by atoms with van der Waals surface area (Å²) in [6.07, 6.45) is 4.12. The van der Waals surface area contributed by atoms with Gasteiger partial charge in [-0.05, 0) is 13.8 Å². The van der Waals surface area contributed by atoms with Crippen LogP contribution in [0.1, 0.15) is 20.3 Å². The normalized spacial score (nSPS) is 15.0. The Bertz CT molecular complexity index is 316. The third-order valence-corrected chi connectivity index (χ3v) is 1.53. The van der Waals surface area contributed by atoms with Crippen molar-refractivity contribution in [2.45, 2.75) is 32.0 Å². The molecule has 0 aliphatic heterocycles. The zero-order valence-corrected chi connectivity index (χ0v) is 7.85. The number of rotatable bonds is 5. The fourth-order valence-electron chi connectivity index (χ4n) is 1.01. The molecule has 0 aromatic carbocycles. The lowest BCUT2D eigenvalue weighted by Crippen LogP contribution is -2.23. The second-order valence-electron chi connectivity index (χ2n) is 2.90. The fourth-order valence-corrected chi connectivity index (χ4v) is 1.01. The van der Waals surface area contributed by atoms with Gasteiger partial charge < -0.3 is 0 Å². The molecule has 0 rings (SSSR count). The SMILES string of the molecule is CC(CC(C)(N=C=O)N=C=O)N=C=O. The van der Waals surface area contributed by atoms with Gasteiger partial charge in [-0.2, -0.15) is 9.98 Å². The molecular weight excluding hydrogens is 186 g/mol. The van der Waals surface area contributed by atoms with Gasteiger partial charge in [0.05, 0.1) is 6.04 Å². The van der Waals surface area contributed by atoms with Crippen LogP contribution in [0.4, 0.5) is 0 Å². The number of aliphatic imine (C=N–C) groups is 3. The molecule has 0 heterocycles. The first-order chi connectivity index (χ1) is 6.58. The van der Waals surface area contributed by atoms with Gasteiger partial charge >= 0.3 is 0 Å². The third kappa shape index (κ3) is 4.24. The molecule has 6 heteroatoms. The number of nitrogens with zero attached hydrogens (tertiary/aromatic N) is 3. The molecule has 0 saturated heterocycles. The molecule has 0 aromatic heterocycles. The standard InChI is InChI=1S/C8H9N3O3/c1-7(9-4-12)3-8(2,10-5-13)11-6-14/h7H,3H2,1-2H3. The lowest BCUT2D eigenvalue weighted by molar-refractivity contribution is 0.412. The minimum atomic E-state index is -1.25. The number of hydrogen-bond acceptors (Lipinski definition) is 6. The maximum atomic E-state index is 10.0. The Kier molecular flexibility index (Phi) is 4.97. The van der Waals surface area contributed by atoms with Crippen LogP contribution < -0.4 is 0 Å². The lowest BCUT2D eigenvalue weighted by atomic mass is 10.1. The van der Waals surface area contributed by atoms with Crippen molar-refractivity contribution >= 4 is 18.2 Å². The van der Waals surface area contributed by atoms with Gasteiger partial charge in [0.25, 0.3) is 0 Å². The van der Waals surface area contributed by atoms with Crippen LogP contribution in [0.15, 0.2) is 15.0 Å². The summed E-state index contributed by atoms with van der Waals surface area (Å²) in [6, 6.07) is -0.424. The number of isocyanates is 3. The van der Waals surface area contributed by atoms with Crippen LogP contribution in [0.5, 0.6) is 0 Å². The van der Waals surface area contributed by atoms with E-state index < -0.39 is 11.7 Å². The second-order valence-corrected chi connectivity index (χ2v) is 2.90. The van der Waals surface area contributed by atoms with Gasteiger partial charge in [0.1, 0.15) is 0 Å². The molecule has 0 bridgehead atoms. The van der Waals surface area contributed by atoms with Crippen LogP contribution in [-0.2, 0) is 14.4 Å². The summed E-state index contributed by atoms with van der Waals surface area (Å²) in [7, 11) is 0. The third-order valence-electron chi connectivity index (χ3n) is 1.53. The van der Waals surface area contributed by atoms with E-state index in [-0.39, 0.29) is 6.42 Å². The van der Waals surface area contributed by atoms with Crippen LogP contribution in [0.25, 0.3) is 0 Å². The molecule has 0 spiro atoms. The highest BCUT2D eigenvalue weighted by Crippen LogP contribution is 2.19. The van der Waals surface area contributed by atoms with Crippen molar-refractivity contribution in [3.05, 3.63) is 0 Å². The molecule has 0 radical (unpaired) electrons. The Morgan fingerprint density at radius 2 is 1.64 bits per heavy atom. The summed E-state index contributed by atoms with van der Waals surface area (Å²) >= 11 is 0. The maximum absolute atomic E-state index is 10.0. The van der Waals surface area contributed by atoms with Gasteiger partial charge in [-0.1, -0.05) is 0 Å². The zero-order chi connectivity index (χ0) is 11.0. The van der Waals surface area contributed by atoms with E-state index in [0.29, 0.717) is 0 Å². The molecule has 1 atom stereocenters. The van der Waals surface area contributed by atoms with Gasteiger partial charge in [0, 0.05) is 6.42 Å². The molecule has 0 N–H and O–H groups in total. The Morgan fingerprint density at radius 1 is 1.14 bits per heavy atom. The van der Waals surface area contributed by atoms with Crippen LogP contribution in [0, 0.1) is 0 Å². The van der Waals surface area contributed by atoms with Crippen LogP contribution in [0.3, 0.4) is 0 Å². The summed E-state index contributed by atoms with van der Waals surface area (Å²) in [4.78, 5) is 40.1. The van der Waals surface area contributed by atoms with E-state index in [2.05, 4.69) is 15.0 Å². The molecule has 6 nitrogen and oxygen atoms in total. The van der Waals surface area contributed by atoms with Crippen molar-refractivity contribution in [3.8, 4) is 0 Å². The van der Waals surface area contributed by atoms with E-state index in [0.717, 1.165) is 0 Å². The van der Waals surface area contributed by atoms with Gasteiger partial charge in [0.2, 0.25) is 18.2 Å². The summed E-state index contributed by atoms with van der Waals surface area (Å²) < 4.78 is 0. The highest BCUT2D eigenvalue weighted by Gasteiger charge is 2.25.